The Labute approximate surface area is 141 Å². The van der Waals surface area contributed by atoms with Crippen LogP contribution in [-0.4, -0.2) is 54.0 Å². The topological polar surface area (TPSA) is 151 Å². The van der Waals surface area contributed by atoms with Crippen molar-refractivity contribution in [2.24, 2.45) is 17.6 Å². The third-order valence-corrected chi connectivity index (χ3v) is 3.67. The fraction of sp³-hybridized carbons (Fsp3) is 0.733. The second kappa shape index (κ2) is 10.6. The van der Waals surface area contributed by atoms with Crippen LogP contribution in [-0.2, 0) is 19.2 Å². The van der Waals surface area contributed by atoms with Gasteiger partial charge in [-0.05, 0) is 11.8 Å². The molecule has 0 radical (unpaired) electrons. The Kier molecular flexibility index (Phi) is 9.63. The van der Waals surface area contributed by atoms with Gasteiger partial charge in [-0.25, -0.2) is 0 Å². The van der Waals surface area contributed by atoms with Crippen molar-refractivity contribution < 1.29 is 24.3 Å². The molecule has 0 aromatic carbocycles. The molecule has 0 rings (SSSR count). The van der Waals surface area contributed by atoms with Crippen molar-refractivity contribution in [3.63, 3.8) is 0 Å². The maximum atomic E-state index is 12.2. The summed E-state index contributed by atoms with van der Waals surface area (Å²) in [7, 11) is 0. The van der Waals surface area contributed by atoms with Gasteiger partial charge in [0, 0.05) is 0 Å². The van der Waals surface area contributed by atoms with Crippen LogP contribution in [0.2, 0.25) is 0 Å². The van der Waals surface area contributed by atoms with E-state index in [9.17, 15) is 19.2 Å². The molecular weight excluding hydrogens is 316 g/mol. The number of nitrogens with two attached hydrogens (primary N) is 1. The summed E-state index contributed by atoms with van der Waals surface area (Å²) >= 11 is 0. The van der Waals surface area contributed by atoms with E-state index in [0.29, 0.717) is 0 Å². The van der Waals surface area contributed by atoms with Crippen molar-refractivity contribution in [2.45, 2.75) is 46.2 Å². The molecule has 0 saturated carbocycles. The molecule has 0 fully saturated rings. The fourth-order valence-corrected chi connectivity index (χ4v) is 1.81. The Balaban J connectivity index is 4.60. The first-order chi connectivity index (χ1) is 11.1. The Morgan fingerprint density at radius 1 is 1.00 bits per heavy atom. The number of rotatable bonds is 10. The van der Waals surface area contributed by atoms with Gasteiger partial charge < -0.3 is 26.8 Å². The molecule has 0 saturated heterocycles. The van der Waals surface area contributed by atoms with Gasteiger partial charge >= 0.3 is 5.97 Å². The number of carbonyl (C=O) groups is 4. The minimum absolute atomic E-state index is 0.0253. The second-order valence-corrected chi connectivity index (χ2v) is 6.03. The summed E-state index contributed by atoms with van der Waals surface area (Å²) in [5, 5.41) is 15.6. The Bertz CT molecular complexity index is 467. The van der Waals surface area contributed by atoms with Crippen molar-refractivity contribution in [3.05, 3.63) is 0 Å². The summed E-state index contributed by atoms with van der Waals surface area (Å²) in [5.74, 6) is -2.99. The van der Waals surface area contributed by atoms with Crippen LogP contribution in [0.4, 0.5) is 0 Å². The van der Waals surface area contributed by atoms with Crippen molar-refractivity contribution in [1.29, 1.82) is 0 Å². The van der Waals surface area contributed by atoms with Gasteiger partial charge in [-0.1, -0.05) is 34.1 Å². The number of hydrogen-bond donors (Lipinski definition) is 5. The molecule has 3 unspecified atom stereocenters. The highest BCUT2D eigenvalue weighted by atomic mass is 16.4. The number of hydrogen-bond acceptors (Lipinski definition) is 5. The molecule has 6 N–H and O–H groups in total. The van der Waals surface area contributed by atoms with Crippen molar-refractivity contribution in [1.82, 2.24) is 16.0 Å². The predicted octanol–water partition coefficient (Wildman–Crippen LogP) is -1.18. The monoisotopic (exact) mass is 344 g/mol. The first-order valence-electron chi connectivity index (χ1n) is 7.92. The number of amides is 3. The summed E-state index contributed by atoms with van der Waals surface area (Å²) in [5.41, 5.74) is 5.85. The van der Waals surface area contributed by atoms with E-state index in [-0.39, 0.29) is 18.4 Å². The van der Waals surface area contributed by atoms with Crippen LogP contribution in [0, 0.1) is 11.8 Å². The van der Waals surface area contributed by atoms with E-state index in [1.807, 2.05) is 13.8 Å². The predicted molar refractivity (Wildman–Crippen MR) is 87.9 cm³/mol. The fourth-order valence-electron chi connectivity index (χ4n) is 1.81. The van der Waals surface area contributed by atoms with Crippen LogP contribution in [0.5, 0.6) is 0 Å². The molecule has 3 atom stereocenters. The average Bonchev–Trinajstić information content (AvgIpc) is 2.53. The van der Waals surface area contributed by atoms with Gasteiger partial charge in [0.2, 0.25) is 17.7 Å². The van der Waals surface area contributed by atoms with Crippen LogP contribution in [0.3, 0.4) is 0 Å². The third-order valence-electron chi connectivity index (χ3n) is 3.67. The van der Waals surface area contributed by atoms with Gasteiger partial charge in [-0.15, -0.1) is 0 Å². The molecule has 24 heavy (non-hydrogen) atoms. The lowest BCUT2D eigenvalue weighted by Gasteiger charge is -2.25. The quantitative estimate of drug-likeness (QED) is 0.336. The molecule has 9 heteroatoms. The first-order valence-corrected chi connectivity index (χ1v) is 7.92. The number of carboxylic acid groups (broad SMARTS) is 1. The maximum Gasteiger partial charge on any atom is 0.322 e. The van der Waals surface area contributed by atoms with E-state index in [1.54, 1.807) is 13.8 Å². The molecule has 0 aliphatic rings. The molecule has 0 aromatic heterocycles. The Morgan fingerprint density at radius 3 is 2.04 bits per heavy atom. The minimum Gasteiger partial charge on any atom is -0.480 e. The number of nitrogens with one attached hydrogen (secondary N) is 3. The van der Waals surface area contributed by atoms with E-state index >= 15 is 0 Å². The van der Waals surface area contributed by atoms with E-state index in [1.165, 1.54) is 0 Å². The lowest BCUT2D eigenvalue weighted by molar-refractivity contribution is -0.138. The lowest BCUT2D eigenvalue weighted by atomic mass is 9.97. The molecule has 0 aliphatic carbocycles. The molecule has 0 aliphatic heterocycles. The standard InChI is InChI=1S/C15H28N4O5/c1-5-9(4)12(16)14(23)19-13(8(2)3)15(24)18-6-10(20)17-7-11(21)22/h8-9,12-13H,5-7,16H2,1-4H3,(H,17,20)(H,18,24)(H,19,23)(H,21,22). The lowest BCUT2D eigenvalue weighted by Crippen LogP contribution is -2.55. The Hall–Kier alpha value is -2.16. The molecule has 0 spiro atoms. The molecule has 138 valence electrons. The van der Waals surface area contributed by atoms with Crippen LogP contribution < -0.4 is 21.7 Å². The Morgan fingerprint density at radius 2 is 1.58 bits per heavy atom. The zero-order valence-corrected chi connectivity index (χ0v) is 14.6. The van der Waals surface area contributed by atoms with Gasteiger partial charge in [0.15, 0.2) is 0 Å². The second-order valence-electron chi connectivity index (χ2n) is 6.03. The summed E-state index contributed by atoms with van der Waals surface area (Å²) in [6.45, 7) is 6.38. The van der Waals surface area contributed by atoms with E-state index in [0.717, 1.165) is 6.42 Å². The van der Waals surface area contributed by atoms with Crippen molar-refractivity contribution >= 4 is 23.7 Å². The van der Waals surface area contributed by atoms with Gasteiger partial charge in [0.05, 0.1) is 12.6 Å². The smallest absolute Gasteiger partial charge is 0.322 e. The van der Waals surface area contributed by atoms with Crippen LogP contribution in [0.1, 0.15) is 34.1 Å². The van der Waals surface area contributed by atoms with Crippen molar-refractivity contribution in [3.8, 4) is 0 Å². The van der Waals surface area contributed by atoms with Crippen LogP contribution >= 0.6 is 0 Å². The summed E-state index contributed by atoms with van der Waals surface area (Å²) in [6.07, 6.45) is 0.733. The van der Waals surface area contributed by atoms with E-state index < -0.39 is 42.3 Å². The number of carbonyl (C=O) groups excluding carboxylic acids is 3. The first kappa shape index (κ1) is 21.8. The highest BCUT2D eigenvalue weighted by Crippen LogP contribution is 2.07. The zero-order chi connectivity index (χ0) is 18.9. The largest absolute Gasteiger partial charge is 0.480 e. The normalized spacial score (nSPS) is 14.4. The molecule has 0 bridgehead atoms. The minimum atomic E-state index is -1.18. The van der Waals surface area contributed by atoms with Crippen LogP contribution in [0.25, 0.3) is 0 Å². The molecule has 0 heterocycles. The molecule has 0 aromatic rings. The summed E-state index contributed by atoms with van der Waals surface area (Å²) in [4.78, 5) is 46.0. The van der Waals surface area contributed by atoms with Crippen molar-refractivity contribution in [2.75, 3.05) is 13.1 Å². The third kappa shape index (κ3) is 7.91. The van der Waals surface area contributed by atoms with Gasteiger partial charge in [-0.3, -0.25) is 19.2 Å². The summed E-state index contributed by atoms with van der Waals surface area (Å²) < 4.78 is 0. The molecular formula is C15H28N4O5. The zero-order valence-electron chi connectivity index (χ0n) is 14.6. The molecule has 9 nitrogen and oxygen atoms in total. The number of aliphatic carboxylic acids is 1. The average molecular weight is 344 g/mol. The highest BCUT2D eigenvalue weighted by molar-refractivity contribution is 5.92. The van der Waals surface area contributed by atoms with Crippen LogP contribution in [0.15, 0.2) is 0 Å². The highest BCUT2D eigenvalue weighted by Gasteiger charge is 2.28. The summed E-state index contributed by atoms with van der Waals surface area (Å²) in [6, 6.07) is -1.55. The van der Waals surface area contributed by atoms with E-state index in [4.69, 9.17) is 10.8 Å². The molecule has 3 amide bonds. The maximum absolute atomic E-state index is 12.2. The van der Waals surface area contributed by atoms with Gasteiger partial charge in [-0.2, -0.15) is 0 Å². The van der Waals surface area contributed by atoms with Gasteiger partial charge in [0.1, 0.15) is 12.6 Å². The van der Waals surface area contributed by atoms with Gasteiger partial charge in [0.25, 0.3) is 0 Å². The number of carboxylic acids is 1. The SMILES string of the molecule is CCC(C)C(N)C(=O)NC(C(=O)NCC(=O)NCC(=O)O)C(C)C. The van der Waals surface area contributed by atoms with E-state index in [2.05, 4.69) is 16.0 Å².